The molecular weight excluding hydrogens is 207 g/mol. The van der Waals surface area contributed by atoms with Gasteiger partial charge in [0.15, 0.2) is 19.7 Å². The van der Waals surface area contributed by atoms with Gasteiger partial charge < -0.3 is 0 Å². The molecule has 0 aliphatic rings. The molecule has 8 heavy (non-hydrogen) atoms. The van der Waals surface area contributed by atoms with Gasteiger partial charge >= 0.3 is 14.7 Å². The van der Waals surface area contributed by atoms with E-state index >= 15 is 0 Å². The predicted octanol–water partition coefficient (Wildman–Crippen LogP) is 4.05. The molecule has 0 bridgehead atoms. The molecule has 1 heterocycles. The fourth-order valence-corrected chi connectivity index (χ4v) is 3.15. The normalized spacial score (nSPS) is 9.88. The van der Waals surface area contributed by atoms with Crippen molar-refractivity contribution >= 4 is 55.5 Å². The zero-order valence-electron chi connectivity index (χ0n) is 3.45. The Morgan fingerprint density at radius 1 is 1.25 bits per heavy atom. The highest BCUT2D eigenvalue weighted by molar-refractivity contribution is 7.71. The maximum atomic E-state index is 5.55. The van der Waals surface area contributed by atoms with Crippen LogP contribution in [0.2, 0.25) is 13.7 Å². The first kappa shape index (κ1) is 7.03. The Hall–Kier alpha value is 0.920. The largest absolute Gasteiger partial charge is 0.335 e. The van der Waals surface area contributed by atoms with Gasteiger partial charge in [0.2, 0.25) is 0 Å². The molecule has 0 saturated heterocycles. The lowest BCUT2D eigenvalue weighted by Gasteiger charge is -1.69. The van der Waals surface area contributed by atoms with Gasteiger partial charge in [0.05, 0.1) is 0 Å². The second-order valence-electron chi connectivity index (χ2n) is 1.03. The lowest BCUT2D eigenvalue weighted by atomic mass is 10.8. The molecule has 0 spiro atoms. The van der Waals surface area contributed by atoms with Crippen molar-refractivity contribution in [1.82, 2.24) is 0 Å². The van der Waals surface area contributed by atoms with Gasteiger partial charge in [-0.2, -0.15) is 0 Å². The molecule has 0 nitrogen and oxygen atoms in total. The number of hydrogen-bond donors (Lipinski definition) is 0. The van der Waals surface area contributed by atoms with Crippen LogP contribution in [0.3, 0.4) is 0 Å². The minimum absolute atomic E-state index is 0.475. The molecule has 0 unspecified atom stereocenters. The molecule has 0 saturated carbocycles. The maximum absolute atomic E-state index is 5.55. The van der Waals surface area contributed by atoms with E-state index in [1.54, 1.807) is 0 Å². The first-order chi connectivity index (χ1) is 3.72. The van der Waals surface area contributed by atoms with Gasteiger partial charge in [0, 0.05) is 0 Å². The van der Waals surface area contributed by atoms with Crippen LogP contribution in [0.5, 0.6) is 0 Å². The van der Waals surface area contributed by atoms with E-state index in [0.717, 1.165) is 0 Å². The van der Waals surface area contributed by atoms with Gasteiger partial charge in [0.25, 0.3) is 0 Å². The van der Waals surface area contributed by atoms with E-state index in [9.17, 15) is 0 Å². The number of hydrogen-bond acceptors (Lipinski definition) is 1. The molecule has 0 amide bonds. The minimum atomic E-state index is 0.475. The Morgan fingerprint density at radius 2 is 1.88 bits per heavy atom. The maximum Gasteiger partial charge on any atom is 0.335 e. The van der Waals surface area contributed by atoms with Crippen LogP contribution < -0.4 is 0 Å². The van der Waals surface area contributed by atoms with Crippen LogP contribution in [0.4, 0.5) is 0 Å². The van der Waals surface area contributed by atoms with Gasteiger partial charge in [0.1, 0.15) is 0 Å². The Balaban J connectivity index is 3.19. The molecule has 0 fully saturated rings. The standard InChI is InChI=1S/C3Cl3S2/c4-1-2(5)7-8-3(1)6/q+1. The van der Waals surface area contributed by atoms with Crippen molar-refractivity contribution in [3.05, 3.63) is 13.7 Å². The van der Waals surface area contributed by atoms with Crippen LogP contribution in [-0.4, -0.2) is 0 Å². The average molecular weight is 207 g/mol. The van der Waals surface area contributed by atoms with E-state index in [1.165, 1.54) is 20.7 Å². The second-order valence-corrected chi connectivity index (χ2v) is 4.76. The third-order valence-electron chi connectivity index (χ3n) is 0.533. The van der Waals surface area contributed by atoms with Crippen molar-refractivity contribution in [2.24, 2.45) is 0 Å². The molecule has 0 aliphatic carbocycles. The van der Waals surface area contributed by atoms with Crippen molar-refractivity contribution in [1.29, 1.82) is 0 Å². The highest BCUT2D eigenvalue weighted by atomic mass is 35.5. The summed E-state index contributed by atoms with van der Waals surface area (Å²) in [4.78, 5) is 0. The van der Waals surface area contributed by atoms with Gasteiger partial charge in [-0.05, 0) is 11.6 Å². The van der Waals surface area contributed by atoms with E-state index in [1.807, 2.05) is 0 Å². The lowest BCUT2D eigenvalue weighted by molar-refractivity contribution is 2.08. The summed E-state index contributed by atoms with van der Waals surface area (Å²) in [6.45, 7) is 0. The summed E-state index contributed by atoms with van der Waals surface area (Å²) < 4.78 is 1.14. The Morgan fingerprint density at radius 3 is 2.00 bits per heavy atom. The molecule has 5 heteroatoms. The van der Waals surface area contributed by atoms with E-state index in [4.69, 9.17) is 34.8 Å². The summed E-state index contributed by atoms with van der Waals surface area (Å²) in [5.74, 6) is 0. The number of halogens is 3. The number of rotatable bonds is 0. The first-order valence-electron chi connectivity index (χ1n) is 1.64. The van der Waals surface area contributed by atoms with Crippen LogP contribution in [0.25, 0.3) is 0 Å². The van der Waals surface area contributed by atoms with Crippen molar-refractivity contribution < 1.29 is 0 Å². The predicted molar refractivity (Wildman–Crippen MR) is 41.6 cm³/mol. The lowest BCUT2D eigenvalue weighted by Crippen LogP contribution is -1.49. The highest BCUT2D eigenvalue weighted by Gasteiger charge is 2.17. The SMILES string of the molecule is Clc1s[s+]c(Cl)c1Cl. The van der Waals surface area contributed by atoms with Crippen LogP contribution in [0.1, 0.15) is 0 Å². The van der Waals surface area contributed by atoms with Gasteiger partial charge in [-0.1, -0.05) is 23.2 Å². The smallest absolute Gasteiger partial charge is 0.0742 e. The van der Waals surface area contributed by atoms with E-state index in [-0.39, 0.29) is 0 Å². The minimum Gasteiger partial charge on any atom is -0.0742 e. The molecule has 1 aromatic heterocycles. The van der Waals surface area contributed by atoms with Crippen LogP contribution in [0.15, 0.2) is 0 Å². The molecule has 1 rings (SSSR count). The van der Waals surface area contributed by atoms with Crippen molar-refractivity contribution in [3.8, 4) is 0 Å². The Bertz CT molecular complexity index is 175. The molecule has 0 N–H and O–H groups in total. The summed E-state index contributed by atoms with van der Waals surface area (Å²) in [6.07, 6.45) is 0. The molecule has 0 aromatic carbocycles. The van der Waals surface area contributed by atoms with Crippen molar-refractivity contribution in [2.45, 2.75) is 0 Å². The fraction of sp³-hybridized carbons (Fsp3) is 0. The third-order valence-corrected chi connectivity index (χ3v) is 4.75. The summed E-state index contributed by atoms with van der Waals surface area (Å²) in [5.41, 5.74) is 0. The van der Waals surface area contributed by atoms with Crippen LogP contribution in [-0.2, 0) is 0 Å². The fourth-order valence-electron chi connectivity index (χ4n) is 0.224. The van der Waals surface area contributed by atoms with E-state index < -0.39 is 0 Å². The quantitative estimate of drug-likeness (QED) is 0.444. The van der Waals surface area contributed by atoms with Crippen molar-refractivity contribution in [3.63, 3.8) is 0 Å². The van der Waals surface area contributed by atoms with Crippen molar-refractivity contribution in [2.75, 3.05) is 0 Å². The zero-order chi connectivity index (χ0) is 6.15. The molecule has 0 radical (unpaired) electrons. The second kappa shape index (κ2) is 2.67. The summed E-state index contributed by atoms with van der Waals surface area (Å²) in [5, 5.41) is 0.475. The first-order valence-corrected chi connectivity index (χ1v) is 4.93. The third kappa shape index (κ3) is 1.25. The monoisotopic (exact) mass is 205 g/mol. The Labute approximate surface area is 69.0 Å². The van der Waals surface area contributed by atoms with Gasteiger partial charge in [-0.3, -0.25) is 0 Å². The Kier molecular flexibility index (Phi) is 2.35. The highest BCUT2D eigenvalue weighted by Crippen LogP contribution is 2.39. The molecule has 1 aromatic rings. The molecule has 44 valence electrons. The van der Waals surface area contributed by atoms with Gasteiger partial charge in [-0.25, -0.2) is 0 Å². The molecular formula is C3Cl3S2+. The summed E-state index contributed by atoms with van der Waals surface area (Å²) >= 11 is 16.6. The summed E-state index contributed by atoms with van der Waals surface area (Å²) in [6, 6.07) is 0. The van der Waals surface area contributed by atoms with E-state index in [2.05, 4.69) is 0 Å². The summed E-state index contributed by atoms with van der Waals surface area (Å²) in [7, 11) is 2.75. The van der Waals surface area contributed by atoms with E-state index in [0.29, 0.717) is 13.7 Å². The topological polar surface area (TPSA) is 0 Å². The zero-order valence-corrected chi connectivity index (χ0v) is 7.35. The molecule has 0 atom stereocenters. The van der Waals surface area contributed by atoms with Crippen LogP contribution in [0, 0.1) is 0 Å². The average Bonchev–Trinajstić information content (AvgIpc) is 1.98. The van der Waals surface area contributed by atoms with Gasteiger partial charge in [-0.15, -0.1) is 0 Å². The van der Waals surface area contributed by atoms with Crippen LogP contribution >= 0.6 is 55.5 Å². The molecule has 0 aliphatic heterocycles.